The van der Waals surface area contributed by atoms with Gasteiger partial charge in [0, 0.05) is 5.54 Å². The van der Waals surface area contributed by atoms with Gasteiger partial charge in [-0.05, 0) is 79.6 Å². The maximum Gasteiger partial charge on any atom is 0.123 e. The van der Waals surface area contributed by atoms with Crippen LogP contribution in [0.5, 0.6) is 5.75 Å². The molecule has 1 aliphatic carbocycles. The summed E-state index contributed by atoms with van der Waals surface area (Å²) in [5.41, 5.74) is 4.20. The number of hydrogen-bond donors (Lipinski definition) is 1. The Morgan fingerprint density at radius 2 is 1.88 bits per heavy atom. The van der Waals surface area contributed by atoms with Crippen LogP contribution in [-0.4, -0.2) is 12.1 Å². The van der Waals surface area contributed by atoms with Crippen molar-refractivity contribution in [2.45, 2.75) is 50.7 Å². The summed E-state index contributed by atoms with van der Waals surface area (Å²) < 4.78 is 18.8. The summed E-state index contributed by atoms with van der Waals surface area (Å²) in [5.74, 6) is 0.698. The number of ether oxygens (including phenoxy) is 1. The highest BCUT2D eigenvalue weighted by Crippen LogP contribution is 2.35. The fourth-order valence-corrected chi connectivity index (χ4v) is 4.07. The molecule has 3 heteroatoms. The van der Waals surface area contributed by atoms with E-state index in [1.165, 1.54) is 48.9 Å². The molecular formula is C21H24FNO. The van der Waals surface area contributed by atoms with Gasteiger partial charge >= 0.3 is 0 Å². The molecule has 4 rings (SSSR count). The van der Waals surface area contributed by atoms with E-state index < -0.39 is 0 Å². The zero-order chi connectivity index (χ0) is 16.4. The van der Waals surface area contributed by atoms with Crippen molar-refractivity contribution in [2.24, 2.45) is 0 Å². The molecule has 2 aliphatic rings. The van der Waals surface area contributed by atoms with E-state index in [2.05, 4.69) is 23.5 Å². The molecule has 1 unspecified atom stereocenters. The SMILES string of the molecule is Fc1ccc(COc2ccc3c(c2)CCC2(CCCCN2)C3)cc1. The van der Waals surface area contributed by atoms with Crippen molar-refractivity contribution >= 4 is 0 Å². The summed E-state index contributed by atoms with van der Waals surface area (Å²) >= 11 is 0. The van der Waals surface area contributed by atoms with Gasteiger partial charge in [-0.25, -0.2) is 4.39 Å². The van der Waals surface area contributed by atoms with Crippen LogP contribution < -0.4 is 10.1 Å². The van der Waals surface area contributed by atoms with Crippen molar-refractivity contribution in [1.82, 2.24) is 5.32 Å². The number of aryl methyl sites for hydroxylation is 1. The van der Waals surface area contributed by atoms with Crippen LogP contribution in [0.25, 0.3) is 0 Å². The second kappa shape index (κ2) is 6.56. The average molecular weight is 325 g/mol. The van der Waals surface area contributed by atoms with E-state index in [-0.39, 0.29) is 5.82 Å². The van der Waals surface area contributed by atoms with Crippen LogP contribution >= 0.6 is 0 Å². The number of nitrogens with one attached hydrogen (secondary N) is 1. The molecule has 1 heterocycles. The Morgan fingerprint density at radius 3 is 2.67 bits per heavy atom. The molecule has 1 atom stereocenters. The molecule has 1 N–H and O–H groups in total. The van der Waals surface area contributed by atoms with Gasteiger partial charge in [-0.2, -0.15) is 0 Å². The van der Waals surface area contributed by atoms with Crippen LogP contribution in [0.15, 0.2) is 42.5 Å². The first-order chi connectivity index (χ1) is 11.7. The van der Waals surface area contributed by atoms with Crippen molar-refractivity contribution in [3.63, 3.8) is 0 Å². The fraction of sp³-hybridized carbons (Fsp3) is 0.429. The van der Waals surface area contributed by atoms with E-state index in [1.807, 2.05) is 0 Å². The third kappa shape index (κ3) is 3.32. The zero-order valence-electron chi connectivity index (χ0n) is 14.0. The number of benzene rings is 2. The number of hydrogen-bond acceptors (Lipinski definition) is 2. The zero-order valence-corrected chi connectivity index (χ0v) is 14.0. The van der Waals surface area contributed by atoms with E-state index in [9.17, 15) is 4.39 Å². The summed E-state index contributed by atoms with van der Waals surface area (Å²) in [6.07, 6.45) is 7.44. The van der Waals surface area contributed by atoms with Crippen LogP contribution in [0.3, 0.4) is 0 Å². The van der Waals surface area contributed by atoms with Crippen molar-refractivity contribution < 1.29 is 9.13 Å². The van der Waals surface area contributed by atoms with Gasteiger partial charge in [-0.15, -0.1) is 0 Å². The smallest absolute Gasteiger partial charge is 0.123 e. The normalized spacial score (nSPS) is 23.0. The first kappa shape index (κ1) is 15.6. The highest BCUT2D eigenvalue weighted by Gasteiger charge is 2.35. The van der Waals surface area contributed by atoms with Gasteiger partial charge in [0.1, 0.15) is 18.2 Å². The first-order valence-electron chi connectivity index (χ1n) is 8.97. The topological polar surface area (TPSA) is 21.3 Å². The second-order valence-electron chi connectivity index (χ2n) is 7.19. The predicted molar refractivity (Wildman–Crippen MR) is 93.8 cm³/mol. The molecule has 2 aromatic rings. The monoisotopic (exact) mass is 325 g/mol. The molecule has 0 bridgehead atoms. The fourth-order valence-electron chi connectivity index (χ4n) is 4.07. The van der Waals surface area contributed by atoms with Crippen LogP contribution in [0, 0.1) is 5.82 Å². The molecule has 1 fully saturated rings. The van der Waals surface area contributed by atoms with E-state index >= 15 is 0 Å². The summed E-state index contributed by atoms with van der Waals surface area (Å²) in [7, 11) is 0. The Kier molecular flexibility index (Phi) is 4.28. The molecule has 0 radical (unpaired) electrons. The van der Waals surface area contributed by atoms with Crippen molar-refractivity contribution in [2.75, 3.05) is 6.54 Å². The maximum atomic E-state index is 12.9. The molecule has 126 valence electrons. The van der Waals surface area contributed by atoms with Gasteiger partial charge < -0.3 is 10.1 Å². The molecule has 1 spiro atoms. The minimum atomic E-state index is -0.210. The third-order valence-electron chi connectivity index (χ3n) is 5.48. The average Bonchev–Trinajstić information content (AvgIpc) is 2.62. The maximum absolute atomic E-state index is 12.9. The van der Waals surface area contributed by atoms with Gasteiger partial charge in [0.25, 0.3) is 0 Å². The second-order valence-corrected chi connectivity index (χ2v) is 7.19. The highest BCUT2D eigenvalue weighted by molar-refractivity contribution is 5.39. The number of piperidine rings is 1. The molecular weight excluding hydrogens is 301 g/mol. The van der Waals surface area contributed by atoms with Gasteiger partial charge in [-0.1, -0.05) is 24.6 Å². The lowest BCUT2D eigenvalue weighted by Crippen LogP contribution is -2.52. The lowest BCUT2D eigenvalue weighted by Gasteiger charge is -2.42. The number of fused-ring (bicyclic) bond motifs is 1. The third-order valence-corrected chi connectivity index (χ3v) is 5.48. The number of halogens is 1. The quantitative estimate of drug-likeness (QED) is 0.903. The van der Waals surface area contributed by atoms with Crippen molar-refractivity contribution in [3.8, 4) is 5.75 Å². The van der Waals surface area contributed by atoms with Crippen molar-refractivity contribution in [1.29, 1.82) is 0 Å². The summed E-state index contributed by atoms with van der Waals surface area (Å²) in [6.45, 7) is 1.64. The Morgan fingerprint density at radius 1 is 1.00 bits per heavy atom. The van der Waals surface area contributed by atoms with E-state index in [0.29, 0.717) is 12.1 Å². The van der Waals surface area contributed by atoms with Gasteiger partial charge in [0.15, 0.2) is 0 Å². The predicted octanol–water partition coefficient (Wildman–Crippen LogP) is 4.41. The molecule has 24 heavy (non-hydrogen) atoms. The van der Waals surface area contributed by atoms with Crippen molar-refractivity contribution in [3.05, 3.63) is 65.0 Å². The van der Waals surface area contributed by atoms with Crippen LogP contribution in [0.4, 0.5) is 4.39 Å². The van der Waals surface area contributed by atoms with Crippen LogP contribution in [0.1, 0.15) is 42.4 Å². The molecule has 2 aromatic carbocycles. The molecule has 1 saturated heterocycles. The molecule has 2 nitrogen and oxygen atoms in total. The Bertz CT molecular complexity index is 704. The minimum absolute atomic E-state index is 0.210. The van der Waals surface area contributed by atoms with Crippen LogP contribution in [-0.2, 0) is 19.4 Å². The van der Waals surface area contributed by atoms with E-state index in [0.717, 1.165) is 30.7 Å². The molecule has 0 amide bonds. The van der Waals surface area contributed by atoms with Gasteiger partial charge in [-0.3, -0.25) is 0 Å². The highest BCUT2D eigenvalue weighted by atomic mass is 19.1. The summed E-state index contributed by atoms with van der Waals surface area (Å²) in [6, 6.07) is 13.0. The first-order valence-corrected chi connectivity index (χ1v) is 8.97. The lowest BCUT2D eigenvalue weighted by molar-refractivity contribution is 0.225. The standard InChI is InChI=1S/C21H24FNO/c22-19-6-3-16(4-7-19)15-24-20-8-5-18-14-21(10-1-2-12-23-21)11-9-17(18)13-20/h3-8,13,23H,1-2,9-12,14-15H2. The summed E-state index contributed by atoms with van der Waals surface area (Å²) in [5, 5.41) is 3.78. The summed E-state index contributed by atoms with van der Waals surface area (Å²) in [4.78, 5) is 0. The van der Waals surface area contributed by atoms with Gasteiger partial charge in [0.05, 0.1) is 0 Å². The Labute approximate surface area is 143 Å². The van der Waals surface area contributed by atoms with Crippen LogP contribution in [0.2, 0.25) is 0 Å². The molecule has 0 aromatic heterocycles. The molecule has 0 saturated carbocycles. The van der Waals surface area contributed by atoms with E-state index in [4.69, 9.17) is 4.74 Å². The molecule has 1 aliphatic heterocycles. The minimum Gasteiger partial charge on any atom is -0.489 e. The van der Waals surface area contributed by atoms with Gasteiger partial charge in [0.2, 0.25) is 0 Å². The number of rotatable bonds is 3. The Balaban J connectivity index is 1.43. The van der Waals surface area contributed by atoms with E-state index in [1.54, 1.807) is 12.1 Å². The largest absolute Gasteiger partial charge is 0.489 e. The lowest BCUT2D eigenvalue weighted by atomic mass is 9.74. The Hall–Kier alpha value is -1.87.